The Labute approximate surface area is 178 Å². The lowest BCUT2D eigenvalue weighted by Crippen LogP contribution is -2.51. The molecule has 0 saturated heterocycles. The molecule has 27 heavy (non-hydrogen) atoms. The van der Waals surface area contributed by atoms with Crippen molar-refractivity contribution in [1.82, 2.24) is 15.3 Å². The first kappa shape index (κ1) is 22.1. The molecule has 9 heteroatoms. The summed E-state index contributed by atoms with van der Waals surface area (Å²) in [5.41, 5.74) is 0.480. The number of aromatic nitrogens is 2. The average molecular weight is 449 g/mol. The van der Waals surface area contributed by atoms with Gasteiger partial charge in [0, 0.05) is 23.4 Å². The number of nitrogens with one attached hydrogen (secondary N) is 1. The Kier molecular flexibility index (Phi) is 7.63. The van der Waals surface area contributed by atoms with Gasteiger partial charge in [-0.05, 0) is 5.56 Å². The highest BCUT2D eigenvalue weighted by Gasteiger charge is 2.38. The number of carbonyl (C=O) groups excluding carboxylic acids is 1. The van der Waals surface area contributed by atoms with Crippen LogP contribution in [0.2, 0.25) is 0 Å². The van der Waals surface area contributed by atoms with Gasteiger partial charge in [0.25, 0.3) is 0 Å². The van der Waals surface area contributed by atoms with Crippen LogP contribution in [-0.4, -0.2) is 25.9 Å². The third-order valence-corrected chi connectivity index (χ3v) is 4.83. The van der Waals surface area contributed by atoms with Crippen LogP contribution in [0.3, 0.4) is 0 Å². The summed E-state index contributed by atoms with van der Waals surface area (Å²) in [6, 6.07) is 11.5. The fraction of sp³-hybridized carbons (Fsp3) is 0.389. The number of rotatable bonds is 6. The third kappa shape index (κ3) is 7.37. The summed E-state index contributed by atoms with van der Waals surface area (Å²) in [6.07, 6.45) is 0.354. The zero-order valence-corrected chi connectivity index (χ0v) is 18.2. The molecular formula is C18H20Cl3N3O2S. The van der Waals surface area contributed by atoms with Gasteiger partial charge in [-0.2, -0.15) is 4.98 Å². The van der Waals surface area contributed by atoms with Crippen LogP contribution >= 0.6 is 46.6 Å². The van der Waals surface area contributed by atoms with Crippen molar-refractivity contribution in [3.63, 3.8) is 0 Å². The Hall–Kier alpha value is -1.21. The number of hydrogen-bond acceptors (Lipinski definition) is 5. The van der Waals surface area contributed by atoms with Crippen LogP contribution in [0.5, 0.6) is 5.88 Å². The predicted octanol–water partition coefficient (Wildman–Crippen LogP) is 5.01. The standard InChI is InChI=1S/C18H20Cl3N3O2S/c1-17(2,3)14(25)24-15(18(19,20)21)26-13-9-10-22-16(23-13)27-11-12-7-5-4-6-8-12/h4-10,15H,11H2,1-3H3,(H,24,25)/t15-/m0/s1. The molecule has 0 saturated carbocycles. The van der Waals surface area contributed by atoms with Gasteiger partial charge in [-0.1, -0.05) is 97.7 Å². The predicted molar refractivity (Wildman–Crippen MR) is 110 cm³/mol. The third-order valence-electron chi connectivity index (χ3n) is 3.30. The van der Waals surface area contributed by atoms with E-state index in [1.807, 2.05) is 30.3 Å². The lowest BCUT2D eigenvalue weighted by Gasteiger charge is -2.28. The number of alkyl halides is 3. The van der Waals surface area contributed by atoms with Crippen molar-refractivity contribution in [2.45, 2.75) is 41.7 Å². The molecule has 1 heterocycles. The second-order valence-corrected chi connectivity index (χ2v) is 10.0. The molecule has 1 atom stereocenters. The van der Waals surface area contributed by atoms with Crippen LogP contribution in [0, 0.1) is 5.41 Å². The zero-order chi connectivity index (χ0) is 20.1. The molecule has 1 amide bonds. The topological polar surface area (TPSA) is 64.1 Å². The van der Waals surface area contributed by atoms with E-state index in [1.165, 1.54) is 11.8 Å². The number of benzene rings is 1. The van der Waals surface area contributed by atoms with E-state index in [2.05, 4.69) is 15.3 Å². The Morgan fingerprint density at radius 3 is 2.44 bits per heavy atom. The van der Waals surface area contributed by atoms with E-state index in [9.17, 15) is 4.79 Å². The molecule has 0 unspecified atom stereocenters. The maximum absolute atomic E-state index is 12.2. The zero-order valence-electron chi connectivity index (χ0n) is 15.1. The summed E-state index contributed by atoms with van der Waals surface area (Å²) in [5, 5.41) is 3.11. The molecule has 0 radical (unpaired) electrons. The Bertz CT molecular complexity index is 764. The molecule has 0 aliphatic heterocycles. The highest BCUT2D eigenvalue weighted by Crippen LogP contribution is 2.32. The lowest BCUT2D eigenvalue weighted by molar-refractivity contribution is -0.131. The summed E-state index contributed by atoms with van der Waals surface area (Å²) >= 11 is 19.4. The van der Waals surface area contributed by atoms with Crippen molar-refractivity contribution in [3.8, 4) is 5.88 Å². The minimum Gasteiger partial charge on any atom is -0.449 e. The summed E-state index contributed by atoms with van der Waals surface area (Å²) in [6.45, 7) is 5.25. The Balaban J connectivity index is 2.08. The van der Waals surface area contributed by atoms with Crippen molar-refractivity contribution in [2.24, 2.45) is 5.41 Å². The van der Waals surface area contributed by atoms with Gasteiger partial charge >= 0.3 is 0 Å². The molecule has 0 spiro atoms. The van der Waals surface area contributed by atoms with E-state index in [1.54, 1.807) is 33.0 Å². The van der Waals surface area contributed by atoms with Crippen LogP contribution in [-0.2, 0) is 10.5 Å². The largest absolute Gasteiger partial charge is 0.449 e. The summed E-state index contributed by atoms with van der Waals surface area (Å²) in [7, 11) is 0. The Morgan fingerprint density at radius 1 is 1.19 bits per heavy atom. The molecule has 1 aromatic heterocycles. The maximum atomic E-state index is 12.2. The normalized spacial score (nSPS) is 13.1. The molecule has 0 aliphatic rings. The maximum Gasteiger partial charge on any atom is 0.246 e. The number of halogens is 3. The SMILES string of the molecule is CC(C)(C)C(=O)N[C@@H](Oc1ccnc(SCc2ccccc2)n1)C(Cl)(Cl)Cl. The molecule has 5 nitrogen and oxygen atoms in total. The highest BCUT2D eigenvalue weighted by molar-refractivity contribution is 7.98. The summed E-state index contributed by atoms with van der Waals surface area (Å²) in [4.78, 5) is 20.8. The molecular weight excluding hydrogens is 429 g/mol. The monoisotopic (exact) mass is 447 g/mol. The minimum atomic E-state index is -1.87. The van der Waals surface area contributed by atoms with Crippen molar-refractivity contribution in [2.75, 3.05) is 0 Å². The molecule has 0 fully saturated rings. The molecule has 2 rings (SSSR count). The van der Waals surface area contributed by atoms with Crippen molar-refractivity contribution >= 4 is 52.5 Å². The molecule has 146 valence electrons. The van der Waals surface area contributed by atoms with Gasteiger partial charge in [-0.3, -0.25) is 4.79 Å². The van der Waals surface area contributed by atoms with E-state index in [0.29, 0.717) is 10.9 Å². The Morgan fingerprint density at radius 2 is 1.85 bits per heavy atom. The van der Waals surface area contributed by atoms with Gasteiger partial charge in [0.2, 0.25) is 21.8 Å². The first-order chi connectivity index (χ1) is 12.6. The van der Waals surface area contributed by atoms with E-state index < -0.39 is 15.4 Å². The van der Waals surface area contributed by atoms with Gasteiger partial charge in [0.15, 0.2) is 5.16 Å². The molecule has 1 N–H and O–H groups in total. The van der Waals surface area contributed by atoms with Crippen LogP contribution in [0.1, 0.15) is 26.3 Å². The number of thioether (sulfide) groups is 1. The number of amides is 1. The minimum absolute atomic E-state index is 0.200. The van der Waals surface area contributed by atoms with E-state index in [4.69, 9.17) is 39.5 Å². The van der Waals surface area contributed by atoms with Crippen LogP contribution < -0.4 is 10.1 Å². The number of hydrogen-bond donors (Lipinski definition) is 1. The summed E-state index contributed by atoms with van der Waals surface area (Å²) < 4.78 is 3.77. The first-order valence-corrected chi connectivity index (χ1v) is 10.2. The van der Waals surface area contributed by atoms with E-state index >= 15 is 0 Å². The fourth-order valence-electron chi connectivity index (χ4n) is 1.82. The van der Waals surface area contributed by atoms with Gasteiger partial charge in [-0.25, -0.2) is 4.98 Å². The van der Waals surface area contributed by atoms with Gasteiger partial charge in [-0.15, -0.1) is 0 Å². The highest BCUT2D eigenvalue weighted by atomic mass is 35.6. The number of carbonyl (C=O) groups is 1. The average Bonchev–Trinajstić information content (AvgIpc) is 2.59. The summed E-state index contributed by atoms with van der Waals surface area (Å²) in [5.74, 6) is 0.594. The molecule has 1 aromatic carbocycles. The van der Waals surface area contributed by atoms with E-state index in [-0.39, 0.29) is 11.8 Å². The van der Waals surface area contributed by atoms with E-state index in [0.717, 1.165) is 5.56 Å². The quantitative estimate of drug-likeness (QED) is 0.291. The number of nitrogens with zero attached hydrogens (tertiary/aromatic N) is 2. The fourth-order valence-corrected chi connectivity index (χ4v) is 2.89. The van der Waals surface area contributed by atoms with Crippen LogP contribution in [0.25, 0.3) is 0 Å². The first-order valence-electron chi connectivity index (χ1n) is 8.10. The second-order valence-electron chi connectivity index (χ2n) is 6.71. The van der Waals surface area contributed by atoms with Crippen LogP contribution in [0.15, 0.2) is 47.8 Å². The van der Waals surface area contributed by atoms with Gasteiger partial charge in [0.1, 0.15) is 0 Å². The lowest BCUT2D eigenvalue weighted by atomic mass is 9.96. The van der Waals surface area contributed by atoms with Crippen molar-refractivity contribution < 1.29 is 9.53 Å². The number of ether oxygens (including phenoxy) is 1. The van der Waals surface area contributed by atoms with Crippen molar-refractivity contribution in [3.05, 3.63) is 48.2 Å². The van der Waals surface area contributed by atoms with Crippen LogP contribution in [0.4, 0.5) is 0 Å². The van der Waals surface area contributed by atoms with Crippen molar-refractivity contribution in [1.29, 1.82) is 0 Å². The molecule has 2 aromatic rings. The molecule has 0 aliphatic carbocycles. The van der Waals surface area contributed by atoms with Gasteiger partial charge in [0.05, 0.1) is 0 Å². The van der Waals surface area contributed by atoms with Gasteiger partial charge < -0.3 is 10.1 Å². The molecule has 0 bridgehead atoms. The smallest absolute Gasteiger partial charge is 0.246 e. The second kappa shape index (κ2) is 9.32.